The largest absolute Gasteiger partial charge is 0.329 e. The zero-order valence-electron chi connectivity index (χ0n) is 14.3. The number of allylic oxidation sites excluding steroid dienone is 2. The molecule has 0 radical (unpaired) electrons. The van der Waals surface area contributed by atoms with Crippen LogP contribution in [0.15, 0.2) is 59.8 Å². The second-order valence-electron chi connectivity index (χ2n) is 6.27. The lowest BCUT2D eigenvalue weighted by Gasteiger charge is -2.30. The van der Waals surface area contributed by atoms with Gasteiger partial charge >= 0.3 is 0 Å². The average molecular weight is 348 g/mol. The third-order valence-corrected chi connectivity index (χ3v) is 4.63. The summed E-state index contributed by atoms with van der Waals surface area (Å²) in [5.41, 5.74) is 3.89. The lowest BCUT2D eigenvalue weighted by Crippen LogP contribution is -2.26. The van der Waals surface area contributed by atoms with Gasteiger partial charge in [0.2, 0.25) is 5.95 Å². The Bertz CT molecular complexity index is 1080. The summed E-state index contributed by atoms with van der Waals surface area (Å²) in [5, 5.41) is 14.2. The van der Waals surface area contributed by atoms with Crippen molar-refractivity contribution in [1.82, 2.24) is 9.55 Å². The maximum Gasteiger partial charge on any atom is 0.269 e. The summed E-state index contributed by atoms with van der Waals surface area (Å²) in [6.45, 7) is 3.38. The van der Waals surface area contributed by atoms with E-state index in [9.17, 15) is 14.9 Å². The van der Waals surface area contributed by atoms with E-state index in [2.05, 4.69) is 10.3 Å². The highest BCUT2D eigenvalue weighted by molar-refractivity contribution is 5.97. The van der Waals surface area contributed by atoms with Crippen LogP contribution < -0.4 is 5.32 Å². The predicted octanol–water partition coefficient (Wildman–Crippen LogP) is 3.82. The molecule has 2 aromatic carbocycles. The van der Waals surface area contributed by atoms with Crippen LogP contribution in [0.25, 0.3) is 11.0 Å². The monoisotopic (exact) mass is 348 g/mol. The predicted molar refractivity (Wildman–Crippen MR) is 98.0 cm³/mol. The quantitative estimate of drug-likeness (QED) is 0.574. The molecule has 2 heterocycles. The van der Waals surface area contributed by atoms with Gasteiger partial charge in [-0.05, 0) is 43.7 Å². The molecule has 1 atom stereocenters. The van der Waals surface area contributed by atoms with Crippen molar-refractivity contribution >= 4 is 28.5 Å². The van der Waals surface area contributed by atoms with E-state index in [4.69, 9.17) is 0 Å². The Balaban J connectivity index is 1.97. The highest BCUT2D eigenvalue weighted by Gasteiger charge is 2.32. The van der Waals surface area contributed by atoms with Crippen molar-refractivity contribution in [2.75, 3.05) is 5.32 Å². The van der Waals surface area contributed by atoms with Gasteiger partial charge < -0.3 is 5.32 Å². The zero-order chi connectivity index (χ0) is 18.4. The van der Waals surface area contributed by atoms with Gasteiger partial charge in [-0.3, -0.25) is 19.5 Å². The van der Waals surface area contributed by atoms with Crippen LogP contribution in [0.5, 0.6) is 0 Å². The number of para-hydroxylation sites is 2. The minimum absolute atomic E-state index is 0.0171. The first-order valence-corrected chi connectivity index (χ1v) is 8.17. The molecule has 7 nitrogen and oxygen atoms in total. The van der Waals surface area contributed by atoms with Crippen LogP contribution in [-0.4, -0.2) is 20.3 Å². The molecular formula is C19H16N4O3. The van der Waals surface area contributed by atoms with Crippen molar-refractivity contribution in [3.05, 3.63) is 75.5 Å². The Morgan fingerprint density at radius 3 is 2.54 bits per heavy atom. The summed E-state index contributed by atoms with van der Waals surface area (Å²) in [4.78, 5) is 27.5. The molecule has 1 aliphatic heterocycles. The minimum atomic E-state index is -0.433. The number of hydrogen-bond donors (Lipinski definition) is 1. The number of ketones is 1. The molecule has 0 aliphatic carbocycles. The first kappa shape index (κ1) is 16.0. The molecule has 7 heteroatoms. The van der Waals surface area contributed by atoms with Gasteiger partial charge in [0.15, 0.2) is 5.78 Å². The van der Waals surface area contributed by atoms with Crippen molar-refractivity contribution in [3.63, 3.8) is 0 Å². The molecule has 3 aromatic rings. The van der Waals surface area contributed by atoms with Crippen molar-refractivity contribution in [2.24, 2.45) is 0 Å². The normalized spacial score (nSPS) is 16.3. The average Bonchev–Trinajstić information content (AvgIpc) is 2.98. The zero-order valence-corrected chi connectivity index (χ0v) is 14.3. The standard InChI is InChI=1S/C19H16N4O3/c1-11-17(12(2)24)18(13-7-9-14(10-8-13)23(25)26)22-16-6-4-3-5-15(16)21-19(22)20-11/h3-10,18H,1-2H3,(H,20,21)/t18-/m0/s1. The van der Waals surface area contributed by atoms with Crippen LogP contribution in [0.2, 0.25) is 0 Å². The van der Waals surface area contributed by atoms with Crippen molar-refractivity contribution in [3.8, 4) is 0 Å². The lowest BCUT2D eigenvalue weighted by molar-refractivity contribution is -0.384. The summed E-state index contributed by atoms with van der Waals surface area (Å²) in [5.74, 6) is 0.596. The molecule has 1 aliphatic rings. The summed E-state index contributed by atoms with van der Waals surface area (Å²) >= 11 is 0. The molecule has 0 unspecified atom stereocenters. The van der Waals surface area contributed by atoms with Gasteiger partial charge in [0, 0.05) is 23.4 Å². The van der Waals surface area contributed by atoms with Crippen LogP contribution in [0.4, 0.5) is 11.6 Å². The highest BCUT2D eigenvalue weighted by Crippen LogP contribution is 2.39. The van der Waals surface area contributed by atoms with Gasteiger partial charge in [-0.2, -0.15) is 0 Å². The Morgan fingerprint density at radius 2 is 1.88 bits per heavy atom. The van der Waals surface area contributed by atoms with Crippen molar-refractivity contribution in [2.45, 2.75) is 19.9 Å². The van der Waals surface area contributed by atoms with E-state index in [0.717, 1.165) is 22.3 Å². The minimum Gasteiger partial charge on any atom is -0.329 e. The molecular weight excluding hydrogens is 332 g/mol. The molecule has 0 amide bonds. The fourth-order valence-corrected chi connectivity index (χ4v) is 3.51. The number of carbonyl (C=O) groups excluding carboxylic acids is 1. The number of carbonyl (C=O) groups is 1. The van der Waals surface area contributed by atoms with Gasteiger partial charge in [-0.1, -0.05) is 12.1 Å². The third kappa shape index (κ3) is 2.36. The van der Waals surface area contributed by atoms with Crippen LogP contribution in [0.1, 0.15) is 25.5 Å². The molecule has 1 N–H and O–H groups in total. The first-order valence-electron chi connectivity index (χ1n) is 8.17. The second kappa shape index (κ2) is 5.80. The van der Waals surface area contributed by atoms with Gasteiger partial charge in [-0.15, -0.1) is 0 Å². The summed E-state index contributed by atoms with van der Waals surface area (Å²) in [7, 11) is 0. The Hall–Kier alpha value is -3.48. The van der Waals surface area contributed by atoms with Crippen LogP contribution in [0, 0.1) is 10.1 Å². The van der Waals surface area contributed by atoms with Crippen molar-refractivity contribution < 1.29 is 9.72 Å². The molecule has 130 valence electrons. The number of rotatable bonds is 3. The molecule has 0 bridgehead atoms. The van der Waals surface area contributed by atoms with Gasteiger partial charge in [0.05, 0.1) is 22.0 Å². The molecule has 26 heavy (non-hydrogen) atoms. The van der Waals surface area contributed by atoms with E-state index in [-0.39, 0.29) is 11.5 Å². The van der Waals surface area contributed by atoms with E-state index in [1.807, 2.05) is 35.8 Å². The summed E-state index contributed by atoms with van der Waals surface area (Å²) in [6, 6.07) is 13.6. The molecule has 0 saturated carbocycles. The van der Waals surface area contributed by atoms with Crippen molar-refractivity contribution in [1.29, 1.82) is 0 Å². The second-order valence-corrected chi connectivity index (χ2v) is 6.27. The van der Waals surface area contributed by atoms with E-state index < -0.39 is 11.0 Å². The van der Waals surface area contributed by atoms with Gasteiger partial charge in [-0.25, -0.2) is 4.98 Å². The van der Waals surface area contributed by atoms with E-state index >= 15 is 0 Å². The number of hydrogen-bond acceptors (Lipinski definition) is 5. The summed E-state index contributed by atoms with van der Waals surface area (Å²) in [6.07, 6.45) is 0. The topological polar surface area (TPSA) is 90.1 Å². The highest BCUT2D eigenvalue weighted by atomic mass is 16.6. The lowest BCUT2D eigenvalue weighted by atomic mass is 9.92. The maximum absolute atomic E-state index is 12.4. The number of fused-ring (bicyclic) bond motifs is 3. The van der Waals surface area contributed by atoms with E-state index in [1.54, 1.807) is 12.1 Å². The van der Waals surface area contributed by atoms with E-state index in [0.29, 0.717) is 11.5 Å². The number of imidazole rings is 1. The number of nitro benzene ring substituents is 1. The van der Waals surface area contributed by atoms with Crippen LogP contribution >= 0.6 is 0 Å². The van der Waals surface area contributed by atoms with E-state index in [1.165, 1.54) is 19.1 Å². The molecule has 4 rings (SSSR count). The number of nitro groups is 1. The Kier molecular flexibility index (Phi) is 3.57. The third-order valence-electron chi connectivity index (χ3n) is 4.63. The van der Waals surface area contributed by atoms with Crippen LogP contribution in [-0.2, 0) is 4.79 Å². The SMILES string of the molecule is CC(=O)C1=C(C)Nc2nc3ccccc3n2[C@H]1c1ccc([N+](=O)[O-])cc1. The van der Waals surface area contributed by atoms with Gasteiger partial charge in [0.25, 0.3) is 5.69 Å². The van der Waals surface area contributed by atoms with Gasteiger partial charge in [0.1, 0.15) is 0 Å². The number of nitrogens with zero attached hydrogens (tertiary/aromatic N) is 3. The molecule has 0 spiro atoms. The number of Topliss-reactive ketones (excluding diaryl/α,β-unsaturated/α-hetero) is 1. The molecule has 0 saturated heterocycles. The fourth-order valence-electron chi connectivity index (χ4n) is 3.51. The van der Waals surface area contributed by atoms with Crippen LogP contribution in [0.3, 0.4) is 0 Å². The Morgan fingerprint density at radius 1 is 1.19 bits per heavy atom. The molecule has 1 aromatic heterocycles. The fraction of sp³-hybridized carbons (Fsp3) is 0.158. The smallest absolute Gasteiger partial charge is 0.269 e. The Labute approximate surface area is 149 Å². The number of non-ortho nitro benzene ring substituents is 1. The summed E-state index contributed by atoms with van der Waals surface area (Å²) < 4.78 is 1.97. The number of anilines is 1. The number of benzene rings is 2. The number of aromatic nitrogens is 2. The number of nitrogens with one attached hydrogen (secondary N) is 1. The first-order chi connectivity index (χ1) is 12.5. The maximum atomic E-state index is 12.4. The molecule has 0 fully saturated rings.